The van der Waals surface area contributed by atoms with Crippen LogP contribution in [0.2, 0.25) is 0 Å². The van der Waals surface area contributed by atoms with Crippen LogP contribution in [0.1, 0.15) is 96.6 Å². The summed E-state index contributed by atoms with van der Waals surface area (Å²) in [6.07, 6.45) is 15.6. The molecule has 0 aliphatic heterocycles. The Labute approximate surface area is 240 Å². The van der Waals surface area contributed by atoms with Crippen molar-refractivity contribution in [2.75, 3.05) is 13.6 Å². The van der Waals surface area contributed by atoms with Crippen LogP contribution in [-0.2, 0) is 0 Å². The number of hydrogen-bond acceptors (Lipinski definition) is 5. The first kappa shape index (κ1) is 32.3. The highest BCUT2D eigenvalue weighted by molar-refractivity contribution is 5.93. The first-order chi connectivity index (χ1) is 19.0. The number of aliphatic imine (C=N–C) groups is 1. The molecule has 1 aromatic heterocycles. The number of nitrogens with two attached hydrogens (primary N) is 1. The van der Waals surface area contributed by atoms with E-state index in [1.54, 1.807) is 12.3 Å². The van der Waals surface area contributed by atoms with E-state index >= 15 is 0 Å². The number of imidazole rings is 1. The van der Waals surface area contributed by atoms with Gasteiger partial charge in [-0.15, -0.1) is 6.58 Å². The standard InChI is InChI=1S/C32H52F2N6/c1-6-23(16-22(2)20-37-5)17-27(36)29(25-11-7-13-31(3,4)18-25)40-30-38-21-28(39-30)26(12-9-15-35)24-10-8-14-32(33,34)19-24/h6,9,12,15,21-27,35,37H,1,7-8,10-11,13-14,16-20,36H2,2-5H3,(H,38,39)/b12-9+,35-15?,40-29-. The van der Waals surface area contributed by atoms with Crippen LogP contribution in [0.3, 0.4) is 0 Å². The minimum atomic E-state index is -2.65. The van der Waals surface area contributed by atoms with E-state index in [2.05, 4.69) is 42.6 Å². The zero-order valence-corrected chi connectivity index (χ0v) is 25.1. The van der Waals surface area contributed by atoms with Crippen molar-refractivity contribution >= 4 is 17.9 Å². The van der Waals surface area contributed by atoms with Crippen LogP contribution in [0.25, 0.3) is 0 Å². The lowest BCUT2D eigenvalue weighted by Crippen LogP contribution is -2.40. The summed E-state index contributed by atoms with van der Waals surface area (Å²) in [5.41, 5.74) is 8.91. The molecule has 0 aromatic carbocycles. The molecule has 2 fully saturated rings. The van der Waals surface area contributed by atoms with Gasteiger partial charge in [0, 0.05) is 42.4 Å². The molecule has 40 heavy (non-hydrogen) atoms. The highest BCUT2D eigenvalue weighted by atomic mass is 19.3. The number of halogens is 2. The summed E-state index contributed by atoms with van der Waals surface area (Å²) in [6.45, 7) is 11.9. The quantitative estimate of drug-likeness (QED) is 0.140. The van der Waals surface area contributed by atoms with Gasteiger partial charge in [-0.1, -0.05) is 39.3 Å². The van der Waals surface area contributed by atoms with Crippen molar-refractivity contribution in [1.82, 2.24) is 15.3 Å². The molecule has 1 heterocycles. The van der Waals surface area contributed by atoms with Crippen LogP contribution < -0.4 is 11.1 Å². The minimum absolute atomic E-state index is 0.0541. The van der Waals surface area contributed by atoms with E-state index in [0.717, 1.165) is 56.5 Å². The Morgan fingerprint density at radius 3 is 2.67 bits per heavy atom. The molecule has 0 bridgehead atoms. The molecular formula is C32H52F2N6. The molecule has 0 saturated heterocycles. The molecule has 2 aliphatic carbocycles. The summed E-state index contributed by atoms with van der Waals surface area (Å²) in [6, 6.07) is -0.220. The van der Waals surface area contributed by atoms with Gasteiger partial charge in [-0.3, -0.25) is 0 Å². The normalized spacial score (nSPS) is 26.2. The number of allylic oxidation sites excluding steroid dienone is 3. The van der Waals surface area contributed by atoms with Crippen molar-refractivity contribution in [3.8, 4) is 0 Å². The Morgan fingerprint density at radius 1 is 1.27 bits per heavy atom. The van der Waals surface area contributed by atoms with E-state index in [1.165, 1.54) is 12.6 Å². The van der Waals surface area contributed by atoms with E-state index in [1.807, 2.05) is 19.2 Å². The van der Waals surface area contributed by atoms with Crippen molar-refractivity contribution in [2.45, 2.75) is 103 Å². The Kier molecular flexibility index (Phi) is 11.8. The van der Waals surface area contributed by atoms with Crippen LogP contribution in [0, 0.1) is 34.5 Å². The third kappa shape index (κ3) is 9.44. The maximum Gasteiger partial charge on any atom is 0.248 e. The second-order valence-electron chi connectivity index (χ2n) is 13.2. The molecule has 1 aromatic rings. The maximum absolute atomic E-state index is 14.3. The summed E-state index contributed by atoms with van der Waals surface area (Å²) >= 11 is 0. The van der Waals surface area contributed by atoms with Gasteiger partial charge in [-0.05, 0) is 93.7 Å². The Bertz CT molecular complexity index is 1010. The minimum Gasteiger partial charge on any atom is -0.326 e. The number of rotatable bonds is 14. The molecule has 0 radical (unpaired) electrons. The van der Waals surface area contributed by atoms with Crippen LogP contribution in [0.5, 0.6) is 0 Å². The van der Waals surface area contributed by atoms with E-state index < -0.39 is 5.92 Å². The van der Waals surface area contributed by atoms with Gasteiger partial charge in [0.1, 0.15) is 0 Å². The average Bonchev–Trinajstić information content (AvgIpc) is 3.34. The van der Waals surface area contributed by atoms with Gasteiger partial charge >= 0.3 is 0 Å². The second-order valence-corrected chi connectivity index (χ2v) is 13.2. The molecule has 2 saturated carbocycles. The molecule has 6 unspecified atom stereocenters. The van der Waals surface area contributed by atoms with Crippen molar-refractivity contribution in [1.29, 1.82) is 5.41 Å². The Hall–Kier alpha value is -2.19. The monoisotopic (exact) mass is 558 g/mol. The number of alkyl halides is 2. The fraction of sp³-hybridized carbons (Fsp3) is 0.719. The SMILES string of the molecule is C=CC(CC(C)CNC)CC(N)/C(=N\c1ncc(C(/C=C/C=N)C2CCCC(F)(F)C2)[nH]1)C1CCCC(C)(C)C1. The molecule has 2 aliphatic rings. The summed E-state index contributed by atoms with van der Waals surface area (Å²) in [5.74, 6) is -1.58. The van der Waals surface area contributed by atoms with Crippen LogP contribution in [0.4, 0.5) is 14.7 Å². The van der Waals surface area contributed by atoms with E-state index in [9.17, 15) is 8.78 Å². The lowest BCUT2D eigenvalue weighted by atomic mass is 9.69. The molecule has 0 spiro atoms. The van der Waals surface area contributed by atoms with Crippen molar-refractivity contribution < 1.29 is 8.78 Å². The fourth-order valence-electron chi connectivity index (χ4n) is 6.99. The van der Waals surface area contributed by atoms with Gasteiger partial charge in [0.05, 0.1) is 6.20 Å². The predicted octanol–water partition coefficient (Wildman–Crippen LogP) is 7.58. The lowest BCUT2D eigenvalue weighted by molar-refractivity contribution is -0.0545. The summed E-state index contributed by atoms with van der Waals surface area (Å²) in [4.78, 5) is 13.0. The molecule has 5 N–H and O–H groups in total. The number of aromatic amines is 1. The fourth-order valence-corrected chi connectivity index (χ4v) is 6.99. The van der Waals surface area contributed by atoms with E-state index in [0.29, 0.717) is 18.3 Å². The highest BCUT2D eigenvalue weighted by Gasteiger charge is 2.39. The highest BCUT2D eigenvalue weighted by Crippen LogP contribution is 2.44. The largest absolute Gasteiger partial charge is 0.326 e. The van der Waals surface area contributed by atoms with Crippen molar-refractivity contribution in [3.05, 3.63) is 36.7 Å². The Morgan fingerprint density at radius 2 is 2.02 bits per heavy atom. The molecule has 0 amide bonds. The smallest absolute Gasteiger partial charge is 0.248 e. The van der Waals surface area contributed by atoms with E-state index in [-0.39, 0.29) is 48.0 Å². The first-order valence-corrected chi connectivity index (χ1v) is 15.2. The molecule has 6 nitrogen and oxygen atoms in total. The second kappa shape index (κ2) is 14.6. The van der Waals surface area contributed by atoms with Gasteiger partial charge in [-0.2, -0.15) is 0 Å². The van der Waals surface area contributed by atoms with Crippen molar-refractivity contribution in [3.63, 3.8) is 0 Å². The van der Waals surface area contributed by atoms with Gasteiger partial charge in [0.25, 0.3) is 0 Å². The number of nitrogens with zero attached hydrogens (tertiary/aromatic N) is 2. The van der Waals surface area contributed by atoms with Crippen molar-refractivity contribution in [2.24, 2.45) is 39.8 Å². The summed E-state index contributed by atoms with van der Waals surface area (Å²) in [7, 11) is 1.98. The molecule has 8 heteroatoms. The Balaban J connectivity index is 1.90. The molecule has 3 rings (SSSR count). The van der Waals surface area contributed by atoms with Gasteiger partial charge in [-0.25, -0.2) is 18.8 Å². The summed E-state index contributed by atoms with van der Waals surface area (Å²) < 4.78 is 28.6. The zero-order chi connectivity index (χ0) is 29.3. The molecular weight excluding hydrogens is 506 g/mol. The predicted molar refractivity (Wildman–Crippen MR) is 163 cm³/mol. The van der Waals surface area contributed by atoms with Gasteiger partial charge in [0.2, 0.25) is 11.9 Å². The number of hydrogen-bond donors (Lipinski definition) is 4. The van der Waals surface area contributed by atoms with Gasteiger partial charge < -0.3 is 21.4 Å². The molecule has 224 valence electrons. The van der Waals surface area contributed by atoms with Crippen LogP contribution >= 0.6 is 0 Å². The zero-order valence-electron chi connectivity index (χ0n) is 25.1. The maximum atomic E-state index is 14.3. The van der Waals surface area contributed by atoms with Gasteiger partial charge in [0.15, 0.2) is 0 Å². The summed E-state index contributed by atoms with van der Waals surface area (Å²) in [5, 5.41) is 10.7. The lowest BCUT2D eigenvalue weighted by Gasteiger charge is -2.37. The first-order valence-electron chi connectivity index (χ1n) is 15.2. The topological polar surface area (TPSA) is 103 Å². The third-order valence-electron chi connectivity index (χ3n) is 8.93. The molecule has 6 atom stereocenters. The van der Waals surface area contributed by atoms with Crippen LogP contribution in [0.15, 0.2) is 36.0 Å². The number of H-pyrrole nitrogens is 1. The van der Waals surface area contributed by atoms with Crippen LogP contribution in [-0.4, -0.2) is 47.5 Å². The number of aromatic nitrogens is 2. The van der Waals surface area contributed by atoms with E-state index in [4.69, 9.17) is 16.1 Å². The number of nitrogens with one attached hydrogen (secondary N) is 3. The third-order valence-corrected chi connectivity index (χ3v) is 8.93. The average molecular weight is 559 g/mol.